The second kappa shape index (κ2) is 5.48. The van der Waals surface area contributed by atoms with Crippen molar-refractivity contribution >= 4 is 11.6 Å². The molecule has 1 aromatic carbocycles. The van der Waals surface area contributed by atoms with Crippen LogP contribution >= 0.6 is 11.6 Å². The van der Waals surface area contributed by atoms with Crippen molar-refractivity contribution in [1.29, 1.82) is 0 Å². The molecule has 1 N–H and O–H groups in total. The van der Waals surface area contributed by atoms with E-state index in [-0.39, 0.29) is 11.4 Å². The third-order valence-electron chi connectivity index (χ3n) is 3.72. The SMILES string of the molecule is CNC1(c2ncc(C#Cc3ccc(F)cc3)cc2Cl)CC1. The molecule has 2 aromatic rings. The maximum Gasteiger partial charge on any atom is 0.123 e. The Hall–Kier alpha value is -1.89. The minimum absolute atomic E-state index is 0.0556. The predicted octanol–water partition coefficient (Wildman–Crippen LogP) is 3.48. The molecular formula is C17H14ClFN2. The summed E-state index contributed by atoms with van der Waals surface area (Å²) in [6.07, 6.45) is 3.84. The largest absolute Gasteiger partial charge is 0.309 e. The van der Waals surface area contributed by atoms with E-state index in [4.69, 9.17) is 11.6 Å². The molecule has 1 aromatic heterocycles. The summed E-state index contributed by atoms with van der Waals surface area (Å²) in [5, 5.41) is 3.91. The Labute approximate surface area is 128 Å². The summed E-state index contributed by atoms with van der Waals surface area (Å²) >= 11 is 6.32. The number of nitrogens with zero attached hydrogens (tertiary/aromatic N) is 1. The van der Waals surface area contributed by atoms with E-state index in [0.29, 0.717) is 5.02 Å². The molecule has 1 heterocycles. The molecule has 1 saturated carbocycles. The van der Waals surface area contributed by atoms with Gasteiger partial charge in [-0.1, -0.05) is 23.4 Å². The summed E-state index contributed by atoms with van der Waals surface area (Å²) in [5.41, 5.74) is 2.34. The van der Waals surface area contributed by atoms with Crippen molar-refractivity contribution in [2.75, 3.05) is 7.05 Å². The van der Waals surface area contributed by atoms with Crippen molar-refractivity contribution in [2.24, 2.45) is 0 Å². The number of aromatic nitrogens is 1. The lowest BCUT2D eigenvalue weighted by Gasteiger charge is -2.14. The highest BCUT2D eigenvalue weighted by molar-refractivity contribution is 6.31. The lowest BCUT2D eigenvalue weighted by molar-refractivity contribution is 0.568. The highest BCUT2D eigenvalue weighted by Crippen LogP contribution is 2.46. The Bertz CT molecular complexity index is 725. The molecule has 21 heavy (non-hydrogen) atoms. The second-order valence-electron chi connectivity index (χ2n) is 5.14. The summed E-state index contributed by atoms with van der Waals surface area (Å²) < 4.78 is 12.8. The second-order valence-corrected chi connectivity index (χ2v) is 5.55. The molecule has 0 radical (unpaired) electrons. The Morgan fingerprint density at radius 2 is 1.86 bits per heavy atom. The third kappa shape index (κ3) is 2.92. The van der Waals surface area contributed by atoms with Crippen molar-refractivity contribution in [1.82, 2.24) is 10.3 Å². The van der Waals surface area contributed by atoms with E-state index in [9.17, 15) is 4.39 Å². The van der Waals surface area contributed by atoms with Gasteiger partial charge in [0.05, 0.1) is 16.3 Å². The van der Waals surface area contributed by atoms with Gasteiger partial charge in [0.25, 0.3) is 0 Å². The summed E-state index contributed by atoms with van der Waals surface area (Å²) in [6.45, 7) is 0. The van der Waals surface area contributed by atoms with E-state index >= 15 is 0 Å². The van der Waals surface area contributed by atoms with Crippen LogP contribution in [0, 0.1) is 17.7 Å². The molecule has 0 unspecified atom stereocenters. The summed E-state index contributed by atoms with van der Waals surface area (Å²) in [5.74, 6) is 5.70. The van der Waals surface area contributed by atoms with Crippen LogP contribution in [-0.2, 0) is 5.54 Å². The van der Waals surface area contributed by atoms with Gasteiger partial charge in [-0.05, 0) is 50.2 Å². The zero-order valence-electron chi connectivity index (χ0n) is 11.6. The van der Waals surface area contributed by atoms with Crippen molar-refractivity contribution in [3.63, 3.8) is 0 Å². The van der Waals surface area contributed by atoms with E-state index in [1.54, 1.807) is 18.3 Å². The molecule has 0 atom stereocenters. The molecule has 0 aliphatic heterocycles. The number of pyridine rings is 1. The molecule has 1 fully saturated rings. The van der Waals surface area contributed by atoms with Crippen molar-refractivity contribution in [3.05, 3.63) is 64.2 Å². The highest BCUT2D eigenvalue weighted by atomic mass is 35.5. The van der Waals surface area contributed by atoms with Gasteiger partial charge < -0.3 is 5.32 Å². The van der Waals surface area contributed by atoms with Gasteiger partial charge in [0.2, 0.25) is 0 Å². The minimum atomic E-state index is -0.267. The standard InChI is InChI=1S/C17H14ClFN2/c1-20-17(8-9-17)16-15(18)10-13(11-21-16)3-2-12-4-6-14(19)7-5-12/h4-7,10-11,20H,8-9H2,1H3. The first kappa shape index (κ1) is 14.1. The van der Waals surface area contributed by atoms with E-state index in [1.807, 2.05) is 13.1 Å². The van der Waals surface area contributed by atoms with Crippen LogP contribution in [0.5, 0.6) is 0 Å². The maximum absolute atomic E-state index is 12.8. The normalized spacial score (nSPS) is 15.2. The Morgan fingerprint density at radius 1 is 1.19 bits per heavy atom. The van der Waals surface area contributed by atoms with Crippen LogP contribution in [0.3, 0.4) is 0 Å². The molecule has 1 aliphatic rings. The molecule has 3 rings (SSSR count). The van der Waals surface area contributed by atoms with Crippen LogP contribution in [0.4, 0.5) is 4.39 Å². The Kier molecular flexibility index (Phi) is 3.67. The third-order valence-corrected chi connectivity index (χ3v) is 4.01. The first-order chi connectivity index (χ1) is 10.1. The molecule has 0 amide bonds. The van der Waals surface area contributed by atoms with Gasteiger partial charge in [-0.15, -0.1) is 0 Å². The first-order valence-corrected chi connectivity index (χ1v) is 7.13. The maximum atomic E-state index is 12.8. The molecule has 0 bridgehead atoms. The van der Waals surface area contributed by atoms with Crippen LogP contribution < -0.4 is 5.32 Å². The van der Waals surface area contributed by atoms with Crippen molar-refractivity contribution < 1.29 is 4.39 Å². The topological polar surface area (TPSA) is 24.9 Å². The molecule has 106 valence electrons. The zero-order chi connectivity index (χ0) is 14.9. The lowest BCUT2D eigenvalue weighted by atomic mass is 10.1. The van der Waals surface area contributed by atoms with Gasteiger partial charge in [-0.2, -0.15) is 0 Å². The number of nitrogens with one attached hydrogen (secondary N) is 1. The molecular weight excluding hydrogens is 287 g/mol. The Morgan fingerprint density at radius 3 is 2.43 bits per heavy atom. The molecule has 2 nitrogen and oxygen atoms in total. The van der Waals surface area contributed by atoms with Crippen molar-refractivity contribution in [2.45, 2.75) is 18.4 Å². The molecule has 4 heteroatoms. The summed E-state index contributed by atoms with van der Waals surface area (Å²) in [7, 11) is 1.92. The number of hydrogen-bond donors (Lipinski definition) is 1. The first-order valence-electron chi connectivity index (χ1n) is 6.75. The van der Waals surface area contributed by atoms with Gasteiger partial charge in [0.15, 0.2) is 0 Å². The average Bonchev–Trinajstić information content (AvgIpc) is 3.28. The monoisotopic (exact) mass is 300 g/mol. The summed E-state index contributed by atoms with van der Waals surface area (Å²) in [6, 6.07) is 7.90. The van der Waals surface area contributed by atoms with E-state index in [0.717, 1.165) is 29.7 Å². The fraction of sp³-hybridized carbons (Fsp3) is 0.235. The fourth-order valence-electron chi connectivity index (χ4n) is 2.27. The smallest absolute Gasteiger partial charge is 0.123 e. The molecule has 0 saturated heterocycles. The van der Waals surface area contributed by atoms with Gasteiger partial charge in [0.1, 0.15) is 5.82 Å². The van der Waals surface area contributed by atoms with Gasteiger partial charge in [0, 0.05) is 17.3 Å². The highest BCUT2D eigenvalue weighted by Gasteiger charge is 2.45. The van der Waals surface area contributed by atoms with Gasteiger partial charge in [-0.3, -0.25) is 4.98 Å². The number of hydrogen-bond acceptors (Lipinski definition) is 2. The van der Waals surface area contributed by atoms with E-state index in [1.165, 1.54) is 12.1 Å². The van der Waals surface area contributed by atoms with E-state index < -0.39 is 0 Å². The van der Waals surface area contributed by atoms with Crippen LogP contribution in [-0.4, -0.2) is 12.0 Å². The van der Waals surface area contributed by atoms with Crippen LogP contribution in [0.2, 0.25) is 5.02 Å². The van der Waals surface area contributed by atoms with Crippen LogP contribution in [0.15, 0.2) is 36.5 Å². The van der Waals surface area contributed by atoms with Gasteiger partial charge >= 0.3 is 0 Å². The van der Waals surface area contributed by atoms with Crippen molar-refractivity contribution in [3.8, 4) is 11.8 Å². The zero-order valence-corrected chi connectivity index (χ0v) is 12.3. The molecule has 0 spiro atoms. The molecule has 1 aliphatic carbocycles. The number of rotatable bonds is 2. The predicted molar refractivity (Wildman–Crippen MR) is 81.6 cm³/mol. The van der Waals surface area contributed by atoms with E-state index in [2.05, 4.69) is 22.1 Å². The van der Waals surface area contributed by atoms with Gasteiger partial charge in [-0.25, -0.2) is 4.39 Å². The number of halogens is 2. The summed E-state index contributed by atoms with van der Waals surface area (Å²) in [4.78, 5) is 4.45. The number of benzene rings is 1. The minimum Gasteiger partial charge on any atom is -0.309 e. The quantitative estimate of drug-likeness (QED) is 0.859. The van der Waals surface area contributed by atoms with Crippen LogP contribution in [0.1, 0.15) is 29.7 Å². The Balaban J connectivity index is 1.85. The lowest BCUT2D eigenvalue weighted by Crippen LogP contribution is -2.26. The average molecular weight is 301 g/mol. The fourth-order valence-corrected chi connectivity index (χ4v) is 2.61. The van der Waals surface area contributed by atoms with Crippen LogP contribution in [0.25, 0.3) is 0 Å².